The first-order valence-corrected chi connectivity index (χ1v) is 7.56. The minimum Gasteiger partial charge on any atom is -0.318 e. The number of carbonyl (C=O) groups excluding carboxylic acids is 1. The normalized spacial score (nSPS) is 26.6. The Balaban J connectivity index is 2.62. The van der Waals surface area contributed by atoms with Gasteiger partial charge in [-0.1, -0.05) is 24.3 Å². The van der Waals surface area contributed by atoms with Crippen molar-refractivity contribution >= 4 is 15.7 Å². The molecule has 4 nitrogen and oxygen atoms in total. The van der Waals surface area contributed by atoms with Crippen molar-refractivity contribution in [2.75, 3.05) is 0 Å². The zero-order valence-electron chi connectivity index (χ0n) is 10.8. The van der Waals surface area contributed by atoms with E-state index in [2.05, 4.69) is 0 Å². The molecule has 18 heavy (non-hydrogen) atoms. The van der Waals surface area contributed by atoms with E-state index in [1.165, 1.54) is 4.90 Å². The molecule has 1 fully saturated rings. The molecule has 1 atom stereocenters. The molecule has 0 N–H and O–H groups in total. The van der Waals surface area contributed by atoms with Crippen LogP contribution in [0.5, 0.6) is 0 Å². The Morgan fingerprint density at radius 3 is 2.28 bits per heavy atom. The molecule has 1 heterocycles. The quantitative estimate of drug-likeness (QED) is 0.680. The molecule has 0 bridgehead atoms. The van der Waals surface area contributed by atoms with Gasteiger partial charge in [-0.05, 0) is 32.8 Å². The van der Waals surface area contributed by atoms with Crippen LogP contribution in [-0.4, -0.2) is 30.6 Å². The fourth-order valence-electron chi connectivity index (χ4n) is 2.34. The number of carbonyl (C=O) groups is 1. The number of rotatable bonds is 1. The van der Waals surface area contributed by atoms with Crippen LogP contribution >= 0.6 is 0 Å². The zero-order valence-corrected chi connectivity index (χ0v) is 11.6. The number of hydrogen-bond acceptors (Lipinski definition) is 3. The second-order valence-electron chi connectivity index (χ2n) is 4.78. The Morgan fingerprint density at radius 2 is 1.83 bits per heavy atom. The second-order valence-corrected chi connectivity index (χ2v) is 6.96. The predicted octanol–water partition coefficient (Wildman–Crippen LogP) is 1.77. The smallest absolute Gasteiger partial charge is 0.267 e. The monoisotopic (exact) mass is 267 g/mol. The summed E-state index contributed by atoms with van der Waals surface area (Å²) >= 11 is 0. The van der Waals surface area contributed by atoms with E-state index < -0.39 is 15.2 Å². The summed E-state index contributed by atoms with van der Waals surface area (Å²) in [6.07, 6.45) is 7.90. The zero-order chi connectivity index (χ0) is 13.5. The lowest BCUT2D eigenvalue weighted by molar-refractivity contribution is -0.127. The molecule has 1 unspecified atom stereocenters. The van der Waals surface area contributed by atoms with Crippen LogP contribution in [0.25, 0.3) is 0 Å². The Hall–Kier alpha value is -1.36. The molecule has 0 saturated carbocycles. The second kappa shape index (κ2) is 4.39. The summed E-state index contributed by atoms with van der Waals surface area (Å²) in [5, 5.41) is -0.781. The molecule has 0 spiro atoms. The number of allylic oxidation sites excluding steroid dienone is 5. The van der Waals surface area contributed by atoms with Gasteiger partial charge < -0.3 is 4.90 Å². The number of nitrogens with zero attached hydrogens (tertiary/aromatic N) is 1. The Kier molecular flexibility index (Phi) is 3.19. The van der Waals surface area contributed by atoms with E-state index in [1.54, 1.807) is 19.1 Å². The Bertz CT molecular complexity index is 553. The van der Waals surface area contributed by atoms with E-state index in [1.807, 2.05) is 26.0 Å². The summed E-state index contributed by atoms with van der Waals surface area (Å²) in [7, 11) is -3.56. The van der Waals surface area contributed by atoms with Crippen molar-refractivity contribution in [3.05, 3.63) is 34.8 Å². The maximum absolute atomic E-state index is 12.3. The first-order chi connectivity index (χ1) is 8.37. The van der Waals surface area contributed by atoms with E-state index in [4.69, 9.17) is 0 Å². The lowest BCUT2D eigenvalue weighted by Gasteiger charge is -2.23. The van der Waals surface area contributed by atoms with Crippen LogP contribution in [-0.2, 0) is 14.6 Å². The minimum absolute atomic E-state index is 0.0594. The minimum atomic E-state index is -3.56. The first-order valence-electron chi connectivity index (χ1n) is 6.01. The van der Waals surface area contributed by atoms with Crippen LogP contribution < -0.4 is 0 Å². The van der Waals surface area contributed by atoms with Crippen molar-refractivity contribution in [3.63, 3.8) is 0 Å². The molecule has 1 saturated heterocycles. The third kappa shape index (κ3) is 1.82. The summed E-state index contributed by atoms with van der Waals surface area (Å²) in [6, 6.07) is -0.128. The van der Waals surface area contributed by atoms with Gasteiger partial charge in [0.2, 0.25) is 9.84 Å². The average Bonchev–Trinajstić information content (AvgIpc) is 2.46. The number of sulfone groups is 1. The van der Waals surface area contributed by atoms with Gasteiger partial charge in [0.25, 0.3) is 5.91 Å². The molecule has 0 aromatic carbocycles. The summed E-state index contributed by atoms with van der Waals surface area (Å²) in [4.78, 5) is 13.7. The van der Waals surface area contributed by atoms with Crippen LogP contribution in [0.3, 0.4) is 0 Å². The Morgan fingerprint density at radius 1 is 1.28 bits per heavy atom. The summed E-state index contributed by atoms with van der Waals surface area (Å²) < 4.78 is 24.7. The van der Waals surface area contributed by atoms with Crippen LogP contribution in [0.15, 0.2) is 34.8 Å². The molecule has 1 aliphatic carbocycles. The molecule has 98 valence electrons. The van der Waals surface area contributed by atoms with Crippen molar-refractivity contribution in [1.82, 2.24) is 4.90 Å². The number of amides is 1. The first kappa shape index (κ1) is 13.1. The van der Waals surface area contributed by atoms with Crippen LogP contribution in [0.4, 0.5) is 0 Å². The lowest BCUT2D eigenvalue weighted by atomic mass is 10.1. The highest BCUT2D eigenvalue weighted by molar-refractivity contribution is 7.97. The molecule has 1 amide bonds. The van der Waals surface area contributed by atoms with Gasteiger partial charge in [-0.25, -0.2) is 8.42 Å². The fourth-order valence-corrected chi connectivity index (χ4v) is 4.13. The molecule has 1 aliphatic heterocycles. The third-order valence-corrected chi connectivity index (χ3v) is 5.34. The van der Waals surface area contributed by atoms with Gasteiger partial charge in [-0.3, -0.25) is 4.79 Å². The molecule has 2 aliphatic rings. The van der Waals surface area contributed by atoms with Gasteiger partial charge in [0.1, 0.15) is 10.3 Å². The van der Waals surface area contributed by atoms with E-state index in [0.717, 1.165) is 6.42 Å². The van der Waals surface area contributed by atoms with Crippen LogP contribution in [0.1, 0.15) is 27.2 Å². The summed E-state index contributed by atoms with van der Waals surface area (Å²) in [5.74, 6) is -0.385. The van der Waals surface area contributed by atoms with Crippen molar-refractivity contribution in [2.45, 2.75) is 38.6 Å². The van der Waals surface area contributed by atoms with Crippen LogP contribution in [0, 0.1) is 0 Å². The van der Waals surface area contributed by atoms with Crippen LogP contribution in [0.2, 0.25) is 0 Å². The molecule has 5 heteroatoms. The Labute approximate surface area is 108 Å². The van der Waals surface area contributed by atoms with E-state index in [9.17, 15) is 13.2 Å². The molecule has 0 radical (unpaired) electrons. The van der Waals surface area contributed by atoms with Crippen molar-refractivity contribution in [3.8, 4) is 0 Å². The third-order valence-electron chi connectivity index (χ3n) is 3.24. The highest BCUT2D eigenvalue weighted by atomic mass is 32.2. The maximum Gasteiger partial charge on any atom is 0.267 e. The SMILES string of the molecule is CC(C)N1C(=O)C(=C2C=CCC=C2)S(=O)(=O)C1C. The van der Waals surface area contributed by atoms with Crippen molar-refractivity contribution < 1.29 is 13.2 Å². The van der Waals surface area contributed by atoms with Gasteiger partial charge in [0.05, 0.1) is 0 Å². The summed E-state index contributed by atoms with van der Waals surface area (Å²) in [6.45, 7) is 5.21. The lowest BCUT2D eigenvalue weighted by Crippen LogP contribution is -2.38. The van der Waals surface area contributed by atoms with E-state index >= 15 is 0 Å². The van der Waals surface area contributed by atoms with Gasteiger partial charge in [-0.2, -0.15) is 0 Å². The largest absolute Gasteiger partial charge is 0.318 e. The van der Waals surface area contributed by atoms with E-state index in [0.29, 0.717) is 5.57 Å². The molecule has 2 rings (SSSR count). The van der Waals surface area contributed by atoms with Gasteiger partial charge in [0.15, 0.2) is 0 Å². The molecule has 0 aromatic rings. The molecular formula is C13H17NO3S. The fraction of sp³-hybridized carbons (Fsp3) is 0.462. The van der Waals surface area contributed by atoms with Gasteiger partial charge in [-0.15, -0.1) is 0 Å². The highest BCUT2D eigenvalue weighted by Gasteiger charge is 2.48. The average molecular weight is 267 g/mol. The van der Waals surface area contributed by atoms with Gasteiger partial charge in [0, 0.05) is 6.04 Å². The summed E-state index contributed by atoms with van der Waals surface area (Å²) in [5.41, 5.74) is 0.501. The predicted molar refractivity (Wildman–Crippen MR) is 70.3 cm³/mol. The maximum atomic E-state index is 12.3. The number of hydrogen-bond donors (Lipinski definition) is 0. The topological polar surface area (TPSA) is 54.5 Å². The highest BCUT2D eigenvalue weighted by Crippen LogP contribution is 2.33. The van der Waals surface area contributed by atoms with E-state index in [-0.39, 0.29) is 16.9 Å². The standard InChI is InChI=1S/C13H17NO3S/c1-9(2)14-10(3)18(16,17)12(13(14)15)11-7-5-4-6-8-11/h5-10H,4H2,1-3H3. The molecular weight excluding hydrogens is 250 g/mol. The molecule has 0 aromatic heterocycles. The van der Waals surface area contributed by atoms with Crippen molar-refractivity contribution in [1.29, 1.82) is 0 Å². The van der Waals surface area contributed by atoms with Gasteiger partial charge >= 0.3 is 0 Å². The van der Waals surface area contributed by atoms with Crippen molar-refractivity contribution in [2.24, 2.45) is 0 Å².